The van der Waals surface area contributed by atoms with Gasteiger partial charge in [0.15, 0.2) is 0 Å². The van der Waals surface area contributed by atoms with Gasteiger partial charge in [-0.3, -0.25) is 0 Å². The number of hydrogen-bond acceptors (Lipinski definition) is 3. The fraction of sp³-hybridized carbons (Fsp3) is 0.400. The zero-order chi connectivity index (χ0) is 6.85. The van der Waals surface area contributed by atoms with Crippen molar-refractivity contribution < 1.29 is 4.52 Å². The van der Waals surface area contributed by atoms with Crippen molar-refractivity contribution in [2.45, 2.75) is 13.0 Å². The molecule has 1 aromatic heterocycles. The summed E-state index contributed by atoms with van der Waals surface area (Å²) in [6.45, 7) is 1.81. The van der Waals surface area contributed by atoms with E-state index in [0.717, 1.165) is 0 Å². The average Bonchev–Trinajstić information content (AvgIpc) is 2.14. The second-order valence-corrected chi connectivity index (χ2v) is 2.22. The van der Waals surface area contributed by atoms with Gasteiger partial charge in [-0.15, -0.1) is 0 Å². The van der Waals surface area contributed by atoms with Gasteiger partial charge in [-0.25, -0.2) is 0 Å². The van der Waals surface area contributed by atoms with Crippen LogP contribution in [0.15, 0.2) is 10.6 Å². The van der Waals surface area contributed by atoms with E-state index < -0.39 is 0 Å². The van der Waals surface area contributed by atoms with E-state index in [0.29, 0.717) is 5.69 Å². The average molecular weight is 147 g/mol. The van der Waals surface area contributed by atoms with Gasteiger partial charge in [-0.05, 0) is 18.5 Å². The van der Waals surface area contributed by atoms with Crippen LogP contribution in [0.3, 0.4) is 0 Å². The van der Waals surface area contributed by atoms with E-state index >= 15 is 0 Å². The molecule has 0 spiro atoms. The second-order valence-electron chi connectivity index (χ2n) is 1.84. The molecule has 0 aromatic carbocycles. The highest BCUT2D eigenvalue weighted by Crippen LogP contribution is 2.13. The van der Waals surface area contributed by atoms with Gasteiger partial charge < -0.3 is 10.3 Å². The fourth-order valence-corrected chi connectivity index (χ4v) is 0.626. The van der Waals surface area contributed by atoms with E-state index in [1.807, 2.05) is 6.92 Å². The Morgan fingerprint density at radius 2 is 2.56 bits per heavy atom. The lowest BCUT2D eigenvalue weighted by Crippen LogP contribution is -2.04. The molecule has 9 heavy (non-hydrogen) atoms. The molecule has 0 fully saturated rings. The summed E-state index contributed by atoms with van der Waals surface area (Å²) in [4.78, 5) is 0. The molecule has 1 rings (SSSR count). The molecule has 0 saturated heterocycles. The van der Waals surface area contributed by atoms with E-state index in [9.17, 15) is 0 Å². The first-order chi connectivity index (χ1) is 4.20. The summed E-state index contributed by atoms with van der Waals surface area (Å²) in [7, 11) is 0. The van der Waals surface area contributed by atoms with Gasteiger partial charge in [0.1, 0.15) is 5.69 Å². The number of hydrogen-bond donors (Lipinski definition) is 1. The summed E-state index contributed by atoms with van der Waals surface area (Å²) in [5.74, 6) is 0. The third kappa shape index (κ3) is 1.43. The van der Waals surface area contributed by atoms with Crippen molar-refractivity contribution in [2.75, 3.05) is 0 Å². The first-order valence-corrected chi connectivity index (χ1v) is 2.95. The molecule has 1 aromatic rings. The quantitative estimate of drug-likeness (QED) is 0.651. The van der Waals surface area contributed by atoms with E-state index in [4.69, 9.17) is 17.3 Å². The topological polar surface area (TPSA) is 52.0 Å². The van der Waals surface area contributed by atoms with Crippen LogP contribution in [0, 0.1) is 0 Å². The molecule has 1 unspecified atom stereocenters. The van der Waals surface area contributed by atoms with Gasteiger partial charge in [-0.2, -0.15) is 0 Å². The molecule has 0 aliphatic heterocycles. The molecule has 0 saturated carbocycles. The molecule has 1 heterocycles. The lowest BCUT2D eigenvalue weighted by Gasteiger charge is -1.93. The van der Waals surface area contributed by atoms with Crippen molar-refractivity contribution in [2.24, 2.45) is 5.73 Å². The zero-order valence-corrected chi connectivity index (χ0v) is 5.72. The molecule has 4 heteroatoms. The van der Waals surface area contributed by atoms with Crippen molar-refractivity contribution in [1.29, 1.82) is 0 Å². The lowest BCUT2D eigenvalue weighted by molar-refractivity contribution is 0.409. The monoisotopic (exact) mass is 146 g/mol. The third-order valence-corrected chi connectivity index (χ3v) is 1.14. The molecular formula is C5H7ClN2O. The smallest absolute Gasteiger partial charge is 0.226 e. The summed E-state index contributed by atoms with van der Waals surface area (Å²) in [5.41, 5.74) is 6.13. The molecule has 50 valence electrons. The normalized spacial score (nSPS) is 13.7. The molecule has 0 bridgehead atoms. The second kappa shape index (κ2) is 2.37. The Labute approximate surface area is 57.8 Å². The maximum absolute atomic E-state index is 5.45. The zero-order valence-electron chi connectivity index (χ0n) is 4.97. The number of aromatic nitrogens is 1. The first-order valence-electron chi connectivity index (χ1n) is 2.58. The Morgan fingerprint density at radius 3 is 2.78 bits per heavy atom. The molecule has 0 aliphatic rings. The highest BCUT2D eigenvalue weighted by atomic mass is 35.5. The van der Waals surface area contributed by atoms with E-state index in [-0.39, 0.29) is 11.3 Å². The summed E-state index contributed by atoms with van der Waals surface area (Å²) in [5, 5.41) is 3.86. The van der Waals surface area contributed by atoms with Gasteiger partial charge in [-0.1, -0.05) is 5.16 Å². The molecule has 3 nitrogen and oxygen atoms in total. The van der Waals surface area contributed by atoms with E-state index in [2.05, 4.69) is 9.68 Å². The van der Waals surface area contributed by atoms with Gasteiger partial charge in [0.25, 0.3) is 0 Å². The number of nitrogens with zero attached hydrogens (tertiary/aromatic N) is 1. The van der Waals surface area contributed by atoms with Crippen molar-refractivity contribution in [1.82, 2.24) is 5.16 Å². The number of halogens is 1. The summed E-state index contributed by atoms with van der Waals surface area (Å²) in [6.07, 6.45) is 0. The van der Waals surface area contributed by atoms with Gasteiger partial charge in [0.05, 0.1) is 0 Å². The predicted octanol–water partition coefficient (Wildman–Crippen LogP) is 1.35. The molecule has 0 aliphatic carbocycles. The van der Waals surface area contributed by atoms with E-state index in [1.165, 1.54) is 0 Å². The fourth-order valence-electron chi connectivity index (χ4n) is 0.480. The summed E-state index contributed by atoms with van der Waals surface area (Å²) >= 11 is 5.42. The minimum atomic E-state index is -0.110. The van der Waals surface area contributed by atoms with Crippen molar-refractivity contribution >= 4 is 11.6 Å². The van der Waals surface area contributed by atoms with Gasteiger partial charge in [0, 0.05) is 12.1 Å². The Kier molecular flexibility index (Phi) is 1.73. The molecular weight excluding hydrogens is 140 g/mol. The van der Waals surface area contributed by atoms with Crippen LogP contribution in [0.1, 0.15) is 18.7 Å². The SMILES string of the molecule is CC(N)c1cc(Cl)on1. The Morgan fingerprint density at radius 1 is 1.89 bits per heavy atom. The van der Waals surface area contributed by atoms with Crippen LogP contribution in [0.25, 0.3) is 0 Å². The van der Waals surface area contributed by atoms with Crippen LogP contribution in [0.5, 0.6) is 0 Å². The highest BCUT2D eigenvalue weighted by molar-refractivity contribution is 6.28. The number of rotatable bonds is 1. The predicted molar refractivity (Wildman–Crippen MR) is 34.1 cm³/mol. The van der Waals surface area contributed by atoms with Crippen molar-refractivity contribution in [3.8, 4) is 0 Å². The highest BCUT2D eigenvalue weighted by Gasteiger charge is 2.04. The summed E-state index contributed by atoms with van der Waals surface area (Å²) < 4.78 is 4.56. The molecule has 0 amide bonds. The minimum absolute atomic E-state index is 0.110. The van der Waals surface area contributed by atoms with Crippen molar-refractivity contribution in [3.63, 3.8) is 0 Å². The molecule has 1 atom stereocenters. The van der Waals surface area contributed by atoms with Crippen molar-refractivity contribution in [3.05, 3.63) is 17.0 Å². The Bertz CT molecular complexity index is 197. The Balaban J connectivity index is 2.85. The molecule has 0 radical (unpaired) electrons. The van der Waals surface area contributed by atoms with Crippen LogP contribution < -0.4 is 5.73 Å². The van der Waals surface area contributed by atoms with Gasteiger partial charge >= 0.3 is 0 Å². The van der Waals surface area contributed by atoms with Crippen LogP contribution in [-0.4, -0.2) is 5.16 Å². The third-order valence-electron chi connectivity index (χ3n) is 0.966. The largest absolute Gasteiger partial charge is 0.344 e. The maximum atomic E-state index is 5.45. The summed E-state index contributed by atoms with van der Waals surface area (Å²) in [6, 6.07) is 1.49. The van der Waals surface area contributed by atoms with E-state index in [1.54, 1.807) is 6.07 Å². The molecule has 2 N–H and O–H groups in total. The van der Waals surface area contributed by atoms with Gasteiger partial charge in [0.2, 0.25) is 5.22 Å². The first kappa shape index (κ1) is 6.58. The van der Waals surface area contributed by atoms with Crippen LogP contribution in [-0.2, 0) is 0 Å². The Hall–Kier alpha value is -0.540. The lowest BCUT2D eigenvalue weighted by atomic mass is 10.3. The van der Waals surface area contributed by atoms with Crippen LogP contribution >= 0.6 is 11.6 Å². The number of nitrogens with two attached hydrogens (primary N) is 1. The van der Waals surface area contributed by atoms with Crippen LogP contribution in [0.4, 0.5) is 0 Å². The minimum Gasteiger partial charge on any atom is -0.344 e. The maximum Gasteiger partial charge on any atom is 0.226 e. The van der Waals surface area contributed by atoms with Crippen LogP contribution in [0.2, 0.25) is 5.22 Å². The standard InChI is InChI=1S/C5H7ClN2O/c1-3(7)4-2-5(6)9-8-4/h2-3H,7H2,1H3.